The minimum atomic E-state index is -0.240. The van der Waals surface area contributed by atoms with E-state index in [1.807, 2.05) is 13.8 Å². The van der Waals surface area contributed by atoms with E-state index < -0.39 is 0 Å². The van der Waals surface area contributed by atoms with Crippen molar-refractivity contribution >= 4 is 17.6 Å². The molecule has 1 atom stereocenters. The Morgan fingerprint density at radius 3 is 2.85 bits per heavy atom. The number of aromatic nitrogens is 1. The van der Waals surface area contributed by atoms with E-state index in [9.17, 15) is 9.59 Å². The quantitative estimate of drug-likeness (QED) is 0.827. The molecular formula is C14H21N3O3. The minimum absolute atomic E-state index is 0.0476. The van der Waals surface area contributed by atoms with Crippen LogP contribution in [-0.4, -0.2) is 35.0 Å². The zero-order valence-corrected chi connectivity index (χ0v) is 12.0. The van der Waals surface area contributed by atoms with Gasteiger partial charge in [0.2, 0.25) is 11.8 Å². The summed E-state index contributed by atoms with van der Waals surface area (Å²) in [6.07, 6.45) is 4.47. The van der Waals surface area contributed by atoms with Crippen LogP contribution < -0.4 is 5.32 Å². The first-order valence-electron chi connectivity index (χ1n) is 7.09. The normalized spacial score (nSPS) is 15.7. The number of nitrogens with zero attached hydrogens (tertiary/aromatic N) is 2. The number of anilines is 1. The van der Waals surface area contributed by atoms with Crippen molar-refractivity contribution < 1.29 is 14.1 Å². The molecule has 1 aliphatic rings. The van der Waals surface area contributed by atoms with Crippen LogP contribution in [0.25, 0.3) is 0 Å². The molecule has 6 nitrogen and oxygen atoms in total. The van der Waals surface area contributed by atoms with Gasteiger partial charge >= 0.3 is 0 Å². The Morgan fingerprint density at radius 1 is 1.55 bits per heavy atom. The topological polar surface area (TPSA) is 75.4 Å². The number of amides is 2. The molecule has 0 aromatic carbocycles. The second-order valence-electron chi connectivity index (χ2n) is 5.40. The molecule has 0 spiro atoms. The highest BCUT2D eigenvalue weighted by Gasteiger charge is 2.29. The lowest BCUT2D eigenvalue weighted by atomic mass is 10.1. The van der Waals surface area contributed by atoms with Crippen LogP contribution in [0, 0.1) is 11.8 Å². The van der Waals surface area contributed by atoms with E-state index in [0.29, 0.717) is 18.3 Å². The van der Waals surface area contributed by atoms with Crippen molar-refractivity contribution in [3.05, 3.63) is 12.3 Å². The first-order chi connectivity index (χ1) is 9.60. The first-order valence-corrected chi connectivity index (χ1v) is 7.09. The molecule has 0 bridgehead atoms. The highest BCUT2D eigenvalue weighted by Crippen LogP contribution is 2.30. The number of hydrogen-bond donors (Lipinski definition) is 1. The monoisotopic (exact) mass is 279 g/mol. The first kappa shape index (κ1) is 14.6. The van der Waals surface area contributed by atoms with Gasteiger partial charge in [0, 0.05) is 18.5 Å². The summed E-state index contributed by atoms with van der Waals surface area (Å²) in [7, 11) is 0. The van der Waals surface area contributed by atoms with Crippen LogP contribution in [0.1, 0.15) is 33.1 Å². The second kappa shape index (κ2) is 6.54. The molecule has 1 aromatic heterocycles. The van der Waals surface area contributed by atoms with E-state index in [-0.39, 0.29) is 24.3 Å². The highest BCUT2D eigenvalue weighted by atomic mass is 16.5. The molecule has 1 N–H and O–H groups in total. The van der Waals surface area contributed by atoms with Crippen LogP contribution in [0.4, 0.5) is 5.82 Å². The SMILES string of the molecule is CCC(C)C(=O)N(CC(=O)Nc1ccon1)CC1CC1. The van der Waals surface area contributed by atoms with Crippen molar-refractivity contribution in [2.75, 3.05) is 18.4 Å². The zero-order chi connectivity index (χ0) is 14.5. The van der Waals surface area contributed by atoms with Crippen molar-refractivity contribution in [2.24, 2.45) is 11.8 Å². The predicted octanol–water partition coefficient (Wildman–Crippen LogP) is 1.90. The Balaban J connectivity index is 1.92. The number of rotatable bonds is 7. The third-order valence-corrected chi connectivity index (χ3v) is 3.56. The summed E-state index contributed by atoms with van der Waals surface area (Å²) in [6.45, 7) is 4.63. The lowest BCUT2D eigenvalue weighted by Crippen LogP contribution is -2.41. The smallest absolute Gasteiger partial charge is 0.245 e. The fraction of sp³-hybridized carbons (Fsp3) is 0.643. The van der Waals surface area contributed by atoms with Crippen molar-refractivity contribution in [3.8, 4) is 0 Å². The summed E-state index contributed by atoms with van der Waals surface area (Å²) >= 11 is 0. The molecule has 1 heterocycles. The van der Waals surface area contributed by atoms with Crippen LogP contribution in [0.2, 0.25) is 0 Å². The van der Waals surface area contributed by atoms with E-state index in [1.54, 1.807) is 11.0 Å². The van der Waals surface area contributed by atoms with Gasteiger partial charge < -0.3 is 14.7 Å². The number of hydrogen-bond acceptors (Lipinski definition) is 4. The molecule has 0 radical (unpaired) electrons. The molecule has 1 saturated carbocycles. The lowest BCUT2D eigenvalue weighted by molar-refractivity contribution is -0.138. The Morgan fingerprint density at radius 2 is 2.30 bits per heavy atom. The molecule has 0 saturated heterocycles. The van der Waals surface area contributed by atoms with Gasteiger partial charge in [-0.25, -0.2) is 0 Å². The zero-order valence-electron chi connectivity index (χ0n) is 12.0. The maximum absolute atomic E-state index is 12.3. The van der Waals surface area contributed by atoms with Crippen molar-refractivity contribution in [2.45, 2.75) is 33.1 Å². The van der Waals surface area contributed by atoms with Gasteiger partial charge in [-0.3, -0.25) is 9.59 Å². The number of carbonyl (C=O) groups is 2. The molecule has 0 aliphatic heterocycles. The standard InChI is InChI=1S/C14H21N3O3/c1-3-10(2)14(19)17(8-11-4-5-11)9-13(18)15-12-6-7-20-16-12/h6-7,10-11H,3-5,8-9H2,1-2H3,(H,15,16,18). The van der Waals surface area contributed by atoms with Gasteiger partial charge in [-0.2, -0.15) is 0 Å². The van der Waals surface area contributed by atoms with Crippen LogP contribution in [0.5, 0.6) is 0 Å². The van der Waals surface area contributed by atoms with Gasteiger partial charge in [0.05, 0.1) is 6.54 Å². The maximum atomic E-state index is 12.3. The molecule has 20 heavy (non-hydrogen) atoms. The summed E-state index contributed by atoms with van der Waals surface area (Å²) in [5.74, 6) is 0.694. The van der Waals surface area contributed by atoms with Crippen LogP contribution in [-0.2, 0) is 9.59 Å². The fourth-order valence-corrected chi connectivity index (χ4v) is 1.96. The fourth-order valence-electron chi connectivity index (χ4n) is 1.96. The van der Waals surface area contributed by atoms with Gasteiger partial charge in [0.15, 0.2) is 5.82 Å². The predicted molar refractivity (Wildman–Crippen MR) is 73.9 cm³/mol. The third kappa shape index (κ3) is 4.08. The molecular weight excluding hydrogens is 258 g/mol. The van der Waals surface area contributed by atoms with E-state index in [2.05, 4.69) is 15.0 Å². The number of nitrogens with one attached hydrogen (secondary N) is 1. The molecule has 6 heteroatoms. The lowest BCUT2D eigenvalue weighted by Gasteiger charge is -2.24. The summed E-state index contributed by atoms with van der Waals surface area (Å²) in [6, 6.07) is 1.57. The second-order valence-corrected chi connectivity index (χ2v) is 5.40. The summed E-state index contributed by atoms with van der Waals surface area (Å²) in [5.41, 5.74) is 0. The average molecular weight is 279 g/mol. The minimum Gasteiger partial charge on any atom is -0.363 e. The summed E-state index contributed by atoms with van der Waals surface area (Å²) in [5, 5.41) is 6.24. The Labute approximate surface area is 118 Å². The highest BCUT2D eigenvalue weighted by molar-refractivity contribution is 5.94. The molecule has 1 aliphatic carbocycles. The van der Waals surface area contributed by atoms with Gasteiger partial charge in [-0.1, -0.05) is 19.0 Å². The van der Waals surface area contributed by atoms with E-state index in [0.717, 1.165) is 19.3 Å². The van der Waals surface area contributed by atoms with Gasteiger partial charge in [0.1, 0.15) is 6.26 Å². The molecule has 2 rings (SSSR count). The van der Waals surface area contributed by atoms with Gasteiger partial charge in [-0.05, 0) is 25.2 Å². The Kier molecular flexibility index (Phi) is 4.76. The van der Waals surface area contributed by atoms with Crippen LogP contribution in [0.15, 0.2) is 16.9 Å². The molecule has 1 unspecified atom stereocenters. The summed E-state index contributed by atoms with van der Waals surface area (Å²) < 4.78 is 4.65. The largest absolute Gasteiger partial charge is 0.363 e. The Bertz CT molecular complexity index is 454. The molecule has 1 aromatic rings. The third-order valence-electron chi connectivity index (χ3n) is 3.56. The van der Waals surface area contributed by atoms with Crippen molar-refractivity contribution in [1.82, 2.24) is 10.1 Å². The Hall–Kier alpha value is -1.85. The van der Waals surface area contributed by atoms with Crippen molar-refractivity contribution in [1.29, 1.82) is 0 Å². The number of carbonyl (C=O) groups excluding carboxylic acids is 2. The average Bonchev–Trinajstić information content (AvgIpc) is 3.11. The maximum Gasteiger partial charge on any atom is 0.245 e. The molecule has 2 amide bonds. The van der Waals surface area contributed by atoms with Crippen molar-refractivity contribution in [3.63, 3.8) is 0 Å². The van der Waals surface area contributed by atoms with E-state index >= 15 is 0 Å². The van der Waals surface area contributed by atoms with E-state index in [4.69, 9.17) is 0 Å². The van der Waals surface area contributed by atoms with Crippen LogP contribution >= 0.6 is 0 Å². The van der Waals surface area contributed by atoms with Gasteiger partial charge in [0.25, 0.3) is 0 Å². The van der Waals surface area contributed by atoms with E-state index in [1.165, 1.54) is 6.26 Å². The summed E-state index contributed by atoms with van der Waals surface area (Å²) in [4.78, 5) is 25.9. The molecule has 110 valence electrons. The molecule has 1 fully saturated rings. The van der Waals surface area contributed by atoms with Gasteiger partial charge in [-0.15, -0.1) is 0 Å². The van der Waals surface area contributed by atoms with Crippen LogP contribution in [0.3, 0.4) is 0 Å².